The van der Waals surface area contributed by atoms with Crippen molar-refractivity contribution in [2.45, 2.75) is 26.8 Å². The first-order valence-corrected chi connectivity index (χ1v) is 6.77. The first-order valence-electron chi connectivity index (χ1n) is 6.77. The van der Waals surface area contributed by atoms with Crippen LogP contribution in [0.25, 0.3) is 0 Å². The SMILES string of the molecule is CC(C)Cc1c(C(=O)O)nnn1Cc1ccc([N+](=O)[O-])cc1. The van der Waals surface area contributed by atoms with Crippen LogP contribution in [0.3, 0.4) is 0 Å². The Kier molecular flexibility index (Phi) is 4.50. The molecule has 0 spiro atoms. The maximum absolute atomic E-state index is 11.2. The molecule has 0 aliphatic rings. The van der Waals surface area contributed by atoms with Crippen LogP contribution in [0.1, 0.15) is 35.6 Å². The largest absolute Gasteiger partial charge is 0.476 e. The van der Waals surface area contributed by atoms with Crippen molar-refractivity contribution in [3.8, 4) is 0 Å². The molecule has 22 heavy (non-hydrogen) atoms. The summed E-state index contributed by atoms with van der Waals surface area (Å²) in [6.07, 6.45) is 0.543. The minimum absolute atomic E-state index is 0.0102. The molecule has 0 saturated heterocycles. The van der Waals surface area contributed by atoms with E-state index in [2.05, 4.69) is 10.3 Å². The van der Waals surface area contributed by atoms with Crippen LogP contribution in [-0.2, 0) is 13.0 Å². The summed E-state index contributed by atoms with van der Waals surface area (Å²) in [5, 5.41) is 27.4. The summed E-state index contributed by atoms with van der Waals surface area (Å²) < 4.78 is 1.53. The van der Waals surface area contributed by atoms with E-state index in [1.807, 2.05) is 13.8 Å². The molecule has 2 aromatic rings. The Bertz CT molecular complexity index is 691. The van der Waals surface area contributed by atoms with Crippen molar-refractivity contribution in [2.75, 3.05) is 0 Å². The van der Waals surface area contributed by atoms with Gasteiger partial charge in [-0.2, -0.15) is 0 Å². The summed E-state index contributed by atoms with van der Waals surface area (Å²) in [6.45, 7) is 4.28. The number of nitro groups is 1. The van der Waals surface area contributed by atoms with E-state index in [9.17, 15) is 14.9 Å². The molecule has 2 rings (SSSR count). The van der Waals surface area contributed by atoms with Crippen LogP contribution in [0, 0.1) is 16.0 Å². The minimum Gasteiger partial charge on any atom is -0.476 e. The summed E-state index contributed by atoms with van der Waals surface area (Å²) in [5.74, 6) is -0.849. The van der Waals surface area contributed by atoms with E-state index in [4.69, 9.17) is 5.11 Å². The minimum atomic E-state index is -1.11. The number of hydrogen-bond donors (Lipinski definition) is 1. The summed E-state index contributed by atoms with van der Waals surface area (Å²) >= 11 is 0. The molecule has 0 aliphatic heterocycles. The molecule has 1 heterocycles. The van der Waals surface area contributed by atoms with Gasteiger partial charge in [0.15, 0.2) is 5.69 Å². The Labute approximate surface area is 126 Å². The number of benzene rings is 1. The molecule has 116 valence electrons. The third-order valence-corrected chi connectivity index (χ3v) is 3.12. The van der Waals surface area contributed by atoms with Gasteiger partial charge in [-0.15, -0.1) is 5.10 Å². The molecule has 1 N–H and O–H groups in total. The number of nitrogens with zero attached hydrogens (tertiary/aromatic N) is 4. The van der Waals surface area contributed by atoms with Gasteiger partial charge in [-0.3, -0.25) is 10.1 Å². The Hall–Kier alpha value is -2.77. The lowest BCUT2D eigenvalue weighted by Gasteiger charge is -2.09. The van der Waals surface area contributed by atoms with E-state index in [0.717, 1.165) is 5.56 Å². The van der Waals surface area contributed by atoms with Gasteiger partial charge in [-0.25, -0.2) is 9.48 Å². The van der Waals surface area contributed by atoms with Crippen molar-refractivity contribution < 1.29 is 14.8 Å². The number of carboxylic acids is 1. The summed E-state index contributed by atoms with van der Waals surface area (Å²) in [7, 11) is 0. The quantitative estimate of drug-likeness (QED) is 0.646. The van der Waals surface area contributed by atoms with Crippen molar-refractivity contribution >= 4 is 11.7 Å². The standard InChI is InChI=1S/C14H16N4O4/c1-9(2)7-12-13(14(19)20)15-16-17(12)8-10-3-5-11(6-4-10)18(21)22/h3-6,9H,7-8H2,1-2H3,(H,19,20). The Morgan fingerprint density at radius 1 is 1.36 bits per heavy atom. The van der Waals surface area contributed by atoms with Gasteiger partial charge in [0.05, 0.1) is 17.2 Å². The van der Waals surface area contributed by atoms with E-state index in [0.29, 0.717) is 18.7 Å². The molecular formula is C14H16N4O4. The van der Waals surface area contributed by atoms with Gasteiger partial charge in [0.25, 0.3) is 5.69 Å². The zero-order valence-electron chi connectivity index (χ0n) is 12.3. The number of aromatic carboxylic acids is 1. The topological polar surface area (TPSA) is 111 Å². The highest BCUT2D eigenvalue weighted by Gasteiger charge is 2.20. The van der Waals surface area contributed by atoms with Crippen LogP contribution in [0.4, 0.5) is 5.69 Å². The van der Waals surface area contributed by atoms with Crippen molar-refractivity contribution in [1.29, 1.82) is 0 Å². The predicted octanol–water partition coefficient (Wildman–Crippen LogP) is 2.13. The van der Waals surface area contributed by atoms with Gasteiger partial charge in [0, 0.05) is 12.1 Å². The van der Waals surface area contributed by atoms with Gasteiger partial charge in [-0.05, 0) is 17.9 Å². The molecule has 1 aromatic heterocycles. The molecule has 1 aromatic carbocycles. The van der Waals surface area contributed by atoms with E-state index in [-0.39, 0.29) is 17.3 Å². The lowest BCUT2D eigenvalue weighted by atomic mass is 10.1. The van der Waals surface area contributed by atoms with Crippen LogP contribution < -0.4 is 0 Å². The summed E-state index contributed by atoms with van der Waals surface area (Å²) in [6, 6.07) is 6.07. The highest BCUT2D eigenvalue weighted by atomic mass is 16.6. The van der Waals surface area contributed by atoms with Crippen LogP contribution in [-0.4, -0.2) is 31.0 Å². The van der Waals surface area contributed by atoms with E-state index >= 15 is 0 Å². The second kappa shape index (κ2) is 6.33. The molecule has 0 aliphatic carbocycles. The predicted molar refractivity (Wildman–Crippen MR) is 77.7 cm³/mol. The smallest absolute Gasteiger partial charge is 0.358 e. The Balaban J connectivity index is 2.28. The molecule has 0 radical (unpaired) electrons. The maximum Gasteiger partial charge on any atom is 0.358 e. The molecule has 8 nitrogen and oxygen atoms in total. The van der Waals surface area contributed by atoms with Crippen molar-refractivity contribution in [2.24, 2.45) is 5.92 Å². The number of aromatic nitrogens is 3. The Morgan fingerprint density at radius 3 is 2.50 bits per heavy atom. The van der Waals surface area contributed by atoms with Crippen LogP contribution in [0.2, 0.25) is 0 Å². The molecule has 0 unspecified atom stereocenters. The average molecular weight is 304 g/mol. The fraction of sp³-hybridized carbons (Fsp3) is 0.357. The molecule has 0 fully saturated rings. The number of non-ortho nitro benzene ring substituents is 1. The highest BCUT2D eigenvalue weighted by molar-refractivity contribution is 5.86. The fourth-order valence-electron chi connectivity index (χ4n) is 2.11. The molecular weight excluding hydrogens is 288 g/mol. The second-order valence-corrected chi connectivity index (χ2v) is 5.37. The van der Waals surface area contributed by atoms with Crippen LogP contribution in [0.5, 0.6) is 0 Å². The summed E-state index contributed by atoms with van der Waals surface area (Å²) in [5.41, 5.74) is 1.31. The number of carboxylic acid groups (broad SMARTS) is 1. The van der Waals surface area contributed by atoms with Gasteiger partial charge in [0.1, 0.15) is 0 Å². The van der Waals surface area contributed by atoms with Gasteiger partial charge < -0.3 is 5.11 Å². The summed E-state index contributed by atoms with van der Waals surface area (Å²) in [4.78, 5) is 21.4. The van der Waals surface area contributed by atoms with Gasteiger partial charge in [-0.1, -0.05) is 31.2 Å². The zero-order valence-corrected chi connectivity index (χ0v) is 12.3. The Morgan fingerprint density at radius 2 is 2.00 bits per heavy atom. The number of nitro benzene ring substituents is 1. The van der Waals surface area contributed by atoms with Crippen LogP contribution >= 0.6 is 0 Å². The average Bonchev–Trinajstić information content (AvgIpc) is 2.82. The van der Waals surface area contributed by atoms with Crippen LogP contribution in [0.15, 0.2) is 24.3 Å². The normalized spacial score (nSPS) is 10.9. The molecule has 0 bridgehead atoms. The lowest BCUT2D eigenvalue weighted by molar-refractivity contribution is -0.384. The molecule has 8 heteroatoms. The van der Waals surface area contributed by atoms with Crippen molar-refractivity contribution in [3.05, 3.63) is 51.3 Å². The first kappa shape index (κ1) is 15.6. The number of hydrogen-bond acceptors (Lipinski definition) is 5. The van der Waals surface area contributed by atoms with E-state index < -0.39 is 10.9 Å². The second-order valence-electron chi connectivity index (χ2n) is 5.37. The number of carbonyl (C=O) groups is 1. The third-order valence-electron chi connectivity index (χ3n) is 3.12. The van der Waals surface area contributed by atoms with Crippen molar-refractivity contribution in [3.63, 3.8) is 0 Å². The van der Waals surface area contributed by atoms with Gasteiger partial charge >= 0.3 is 5.97 Å². The molecule has 0 atom stereocenters. The van der Waals surface area contributed by atoms with E-state index in [1.165, 1.54) is 16.8 Å². The third kappa shape index (κ3) is 3.46. The highest BCUT2D eigenvalue weighted by Crippen LogP contribution is 2.16. The number of rotatable bonds is 6. The monoisotopic (exact) mass is 304 g/mol. The van der Waals surface area contributed by atoms with Crippen molar-refractivity contribution in [1.82, 2.24) is 15.0 Å². The lowest BCUT2D eigenvalue weighted by Crippen LogP contribution is -2.12. The molecule has 0 saturated carbocycles. The fourth-order valence-corrected chi connectivity index (χ4v) is 2.11. The molecule has 0 amide bonds. The zero-order chi connectivity index (χ0) is 16.3. The first-order chi connectivity index (χ1) is 10.4. The van der Waals surface area contributed by atoms with Gasteiger partial charge in [0.2, 0.25) is 0 Å². The van der Waals surface area contributed by atoms with E-state index in [1.54, 1.807) is 12.1 Å². The maximum atomic E-state index is 11.2.